The van der Waals surface area contributed by atoms with E-state index in [4.69, 9.17) is 16.3 Å². The number of benzene rings is 1. The molecule has 2 aromatic rings. The maximum Gasteiger partial charge on any atom is 0.199 e. The molecule has 1 N–H and O–H groups in total. The summed E-state index contributed by atoms with van der Waals surface area (Å²) in [5, 5.41) is 4.14. The van der Waals surface area contributed by atoms with Gasteiger partial charge in [-0.2, -0.15) is 0 Å². The van der Waals surface area contributed by atoms with Crippen LogP contribution in [0.1, 0.15) is 36.7 Å². The first-order valence-electron chi connectivity index (χ1n) is 7.03. The second-order valence-electron chi connectivity index (χ2n) is 6.24. The van der Waals surface area contributed by atoms with E-state index in [9.17, 15) is 4.79 Å². The zero-order chi connectivity index (χ0) is 16.3. The zero-order valence-electron chi connectivity index (χ0n) is 13.2. The highest BCUT2D eigenvalue weighted by Gasteiger charge is 2.21. The molecule has 5 heteroatoms. The van der Waals surface area contributed by atoms with Crippen LogP contribution in [0.5, 0.6) is 5.75 Å². The van der Waals surface area contributed by atoms with Crippen molar-refractivity contribution in [2.75, 3.05) is 19.0 Å². The molecule has 0 unspecified atom stereocenters. The molecule has 0 aliphatic carbocycles. The number of hydrogen-bond donors (Lipinski definition) is 1. The molecule has 0 radical (unpaired) electrons. The van der Waals surface area contributed by atoms with Gasteiger partial charge in [-0.3, -0.25) is 4.79 Å². The first-order valence-corrected chi connectivity index (χ1v) is 8.22. The number of carbonyl (C=O) groups excluding carboxylic acids is 1. The molecule has 0 spiro atoms. The SMILES string of the molecule is COc1ccccc1C(=O)c1cc(Cl)sc1NCC(C)(C)C. The fourth-order valence-corrected chi connectivity index (χ4v) is 3.10. The third-order valence-corrected chi connectivity index (χ3v) is 4.30. The van der Waals surface area contributed by atoms with Gasteiger partial charge in [-0.15, -0.1) is 11.3 Å². The molecule has 0 fully saturated rings. The normalized spacial score (nSPS) is 11.3. The summed E-state index contributed by atoms with van der Waals surface area (Å²) in [6, 6.07) is 8.93. The van der Waals surface area contributed by atoms with Crippen molar-refractivity contribution in [2.24, 2.45) is 5.41 Å². The van der Waals surface area contributed by atoms with Gasteiger partial charge < -0.3 is 10.1 Å². The van der Waals surface area contributed by atoms with E-state index in [1.165, 1.54) is 11.3 Å². The Hall–Kier alpha value is -1.52. The summed E-state index contributed by atoms with van der Waals surface area (Å²) in [6.45, 7) is 7.17. The minimum absolute atomic E-state index is 0.0861. The Morgan fingerprint density at radius 1 is 1.27 bits per heavy atom. The van der Waals surface area contributed by atoms with Gasteiger partial charge in [0.25, 0.3) is 0 Å². The van der Waals surface area contributed by atoms with Gasteiger partial charge in [-0.25, -0.2) is 0 Å². The lowest BCUT2D eigenvalue weighted by Gasteiger charge is -2.19. The van der Waals surface area contributed by atoms with Crippen molar-refractivity contribution < 1.29 is 9.53 Å². The number of ketones is 1. The monoisotopic (exact) mass is 337 g/mol. The number of nitrogens with one attached hydrogen (secondary N) is 1. The quantitative estimate of drug-likeness (QED) is 0.771. The maximum absolute atomic E-state index is 12.8. The summed E-state index contributed by atoms with van der Waals surface area (Å²) in [7, 11) is 1.56. The lowest BCUT2D eigenvalue weighted by atomic mass is 9.97. The second kappa shape index (κ2) is 6.71. The van der Waals surface area contributed by atoms with Gasteiger partial charge in [0.05, 0.1) is 22.6 Å². The fraction of sp³-hybridized carbons (Fsp3) is 0.353. The predicted octanol–water partition coefficient (Wildman–Crippen LogP) is 5.10. The van der Waals surface area contributed by atoms with Crippen LogP contribution in [0, 0.1) is 5.41 Å². The van der Waals surface area contributed by atoms with Crippen LogP contribution in [0.15, 0.2) is 30.3 Å². The number of rotatable bonds is 5. The van der Waals surface area contributed by atoms with E-state index in [1.807, 2.05) is 12.1 Å². The Morgan fingerprint density at radius 3 is 2.59 bits per heavy atom. The second-order valence-corrected chi connectivity index (χ2v) is 7.92. The topological polar surface area (TPSA) is 38.3 Å². The van der Waals surface area contributed by atoms with E-state index >= 15 is 0 Å². The van der Waals surface area contributed by atoms with Crippen LogP contribution in [-0.2, 0) is 0 Å². The number of anilines is 1. The van der Waals surface area contributed by atoms with Crippen LogP contribution in [0.25, 0.3) is 0 Å². The molecule has 22 heavy (non-hydrogen) atoms. The number of hydrogen-bond acceptors (Lipinski definition) is 4. The molecule has 3 nitrogen and oxygen atoms in total. The Bertz CT molecular complexity index is 674. The molecule has 0 saturated carbocycles. The Morgan fingerprint density at radius 2 is 1.95 bits per heavy atom. The molecule has 0 aliphatic heterocycles. The van der Waals surface area contributed by atoms with Gasteiger partial charge in [-0.1, -0.05) is 44.5 Å². The van der Waals surface area contributed by atoms with Crippen molar-refractivity contribution in [2.45, 2.75) is 20.8 Å². The lowest BCUT2D eigenvalue weighted by molar-refractivity contribution is 0.103. The molecule has 0 saturated heterocycles. The molecule has 0 aliphatic rings. The van der Waals surface area contributed by atoms with Crippen LogP contribution in [-0.4, -0.2) is 19.4 Å². The molecule has 0 bridgehead atoms. The van der Waals surface area contributed by atoms with Crippen molar-refractivity contribution in [1.29, 1.82) is 0 Å². The summed E-state index contributed by atoms with van der Waals surface area (Å²) < 4.78 is 5.87. The minimum atomic E-state index is -0.0861. The molecule has 1 aromatic heterocycles. The number of halogens is 1. The third kappa shape index (κ3) is 4.02. The molecule has 118 valence electrons. The van der Waals surface area contributed by atoms with Crippen LogP contribution < -0.4 is 10.1 Å². The van der Waals surface area contributed by atoms with E-state index in [0.29, 0.717) is 21.2 Å². The van der Waals surface area contributed by atoms with Crippen LogP contribution in [0.2, 0.25) is 4.34 Å². The van der Waals surface area contributed by atoms with Gasteiger partial charge in [-0.05, 0) is 23.6 Å². The van der Waals surface area contributed by atoms with Crippen molar-refractivity contribution in [3.05, 3.63) is 45.8 Å². The summed E-state index contributed by atoms with van der Waals surface area (Å²) in [4.78, 5) is 12.8. The van der Waals surface area contributed by atoms with Crippen molar-refractivity contribution in [3.8, 4) is 5.75 Å². The van der Waals surface area contributed by atoms with Gasteiger partial charge in [0, 0.05) is 6.54 Å². The van der Waals surface area contributed by atoms with E-state index in [2.05, 4.69) is 26.1 Å². The van der Waals surface area contributed by atoms with Gasteiger partial charge in [0.1, 0.15) is 10.8 Å². The number of para-hydroxylation sites is 1. The van der Waals surface area contributed by atoms with Gasteiger partial charge in [0.15, 0.2) is 5.78 Å². The van der Waals surface area contributed by atoms with Crippen molar-refractivity contribution in [3.63, 3.8) is 0 Å². The average Bonchev–Trinajstić information content (AvgIpc) is 2.84. The molecule has 1 heterocycles. The predicted molar refractivity (Wildman–Crippen MR) is 93.7 cm³/mol. The molecule has 0 amide bonds. The first-order chi connectivity index (χ1) is 10.3. The Labute approximate surface area is 140 Å². The van der Waals surface area contributed by atoms with E-state index in [1.54, 1.807) is 25.3 Å². The van der Waals surface area contributed by atoms with Crippen LogP contribution >= 0.6 is 22.9 Å². The third-order valence-electron chi connectivity index (χ3n) is 3.08. The molecular weight excluding hydrogens is 318 g/mol. The maximum atomic E-state index is 12.8. The smallest absolute Gasteiger partial charge is 0.199 e. The number of ether oxygens (including phenoxy) is 1. The van der Waals surface area contributed by atoms with E-state index in [-0.39, 0.29) is 11.2 Å². The highest BCUT2D eigenvalue weighted by molar-refractivity contribution is 7.20. The standard InChI is InChI=1S/C17H20ClNO2S/c1-17(2,3)10-19-16-12(9-14(18)22-16)15(20)11-7-5-6-8-13(11)21-4/h5-9,19H,10H2,1-4H3. The average molecular weight is 338 g/mol. The lowest BCUT2D eigenvalue weighted by Crippen LogP contribution is -2.19. The molecular formula is C17H20ClNO2S. The summed E-state index contributed by atoms with van der Waals surface area (Å²) in [6.07, 6.45) is 0. The summed E-state index contributed by atoms with van der Waals surface area (Å²) in [5.74, 6) is 0.480. The van der Waals surface area contributed by atoms with Gasteiger partial charge in [0.2, 0.25) is 0 Å². The van der Waals surface area contributed by atoms with Crippen LogP contribution in [0.3, 0.4) is 0 Å². The largest absolute Gasteiger partial charge is 0.496 e. The Balaban J connectivity index is 2.34. The van der Waals surface area contributed by atoms with Gasteiger partial charge >= 0.3 is 0 Å². The number of carbonyl (C=O) groups is 1. The minimum Gasteiger partial charge on any atom is -0.496 e. The fourth-order valence-electron chi connectivity index (χ4n) is 1.98. The number of methoxy groups -OCH3 is 1. The first kappa shape index (κ1) is 16.8. The molecule has 0 atom stereocenters. The van der Waals surface area contributed by atoms with Crippen LogP contribution in [0.4, 0.5) is 5.00 Å². The molecule has 1 aromatic carbocycles. The number of thiophene rings is 1. The highest BCUT2D eigenvalue weighted by Crippen LogP contribution is 2.35. The van der Waals surface area contributed by atoms with E-state index < -0.39 is 0 Å². The highest BCUT2D eigenvalue weighted by atomic mass is 35.5. The van der Waals surface area contributed by atoms with E-state index in [0.717, 1.165) is 11.5 Å². The summed E-state index contributed by atoms with van der Waals surface area (Å²) in [5.41, 5.74) is 1.24. The Kier molecular flexibility index (Phi) is 5.14. The summed E-state index contributed by atoms with van der Waals surface area (Å²) >= 11 is 7.50. The zero-order valence-corrected chi connectivity index (χ0v) is 14.8. The van der Waals surface area contributed by atoms with Crippen molar-refractivity contribution in [1.82, 2.24) is 0 Å². The molecule has 2 rings (SSSR count). The van der Waals surface area contributed by atoms with Crippen molar-refractivity contribution >= 4 is 33.7 Å².